The second-order valence-corrected chi connectivity index (χ2v) is 6.31. The summed E-state index contributed by atoms with van der Waals surface area (Å²) in [5.41, 5.74) is 1.85. The van der Waals surface area contributed by atoms with Gasteiger partial charge in [-0.2, -0.15) is 5.10 Å². The Labute approximate surface area is 151 Å². The van der Waals surface area contributed by atoms with E-state index in [9.17, 15) is 9.18 Å². The minimum Gasteiger partial charge on any atom is -0.394 e. The molecule has 2 heterocycles. The number of hydrogen-bond acceptors (Lipinski definition) is 5. The normalized spacial score (nSPS) is 11.2. The number of ether oxygens (including phenoxy) is 1. The van der Waals surface area contributed by atoms with E-state index in [0.29, 0.717) is 21.1 Å². The van der Waals surface area contributed by atoms with Gasteiger partial charge in [0.1, 0.15) is 18.1 Å². The third kappa shape index (κ3) is 3.92. The summed E-state index contributed by atoms with van der Waals surface area (Å²) in [4.78, 5) is 16.6. The van der Waals surface area contributed by atoms with Crippen LogP contribution in [0.25, 0.3) is 10.9 Å². The number of aliphatic hydroxyl groups is 1. The zero-order chi connectivity index (χ0) is 17.8. The number of halogens is 2. The number of aromatic nitrogens is 3. The lowest BCUT2D eigenvalue weighted by atomic mass is 9.99. The van der Waals surface area contributed by atoms with Crippen LogP contribution in [0.15, 0.2) is 35.1 Å². The Morgan fingerprint density at radius 1 is 1.36 bits per heavy atom. The maximum Gasteiger partial charge on any atom is 0.207 e. The molecule has 8 heteroatoms. The van der Waals surface area contributed by atoms with Crippen LogP contribution in [-0.2, 0) is 11.2 Å². The van der Waals surface area contributed by atoms with Crippen LogP contribution in [0.4, 0.5) is 4.39 Å². The van der Waals surface area contributed by atoms with E-state index < -0.39 is 0 Å². The van der Waals surface area contributed by atoms with Crippen LogP contribution < -0.4 is 0 Å². The van der Waals surface area contributed by atoms with Crippen molar-refractivity contribution in [2.45, 2.75) is 6.42 Å². The molecule has 2 aromatic heterocycles. The molecule has 0 saturated heterocycles. The van der Waals surface area contributed by atoms with Crippen molar-refractivity contribution in [2.75, 3.05) is 19.8 Å². The molecule has 0 aliphatic carbocycles. The first-order valence-corrected chi connectivity index (χ1v) is 8.36. The van der Waals surface area contributed by atoms with Crippen molar-refractivity contribution in [3.8, 4) is 0 Å². The lowest BCUT2D eigenvalue weighted by Gasteiger charge is -2.10. The zero-order valence-electron chi connectivity index (χ0n) is 13.1. The van der Waals surface area contributed by atoms with Crippen LogP contribution in [0.2, 0.25) is 0 Å². The van der Waals surface area contributed by atoms with Crippen molar-refractivity contribution in [2.24, 2.45) is 0 Å². The highest BCUT2D eigenvalue weighted by Crippen LogP contribution is 2.24. The van der Waals surface area contributed by atoms with Crippen molar-refractivity contribution in [3.63, 3.8) is 0 Å². The topological polar surface area (TPSA) is 88.1 Å². The Balaban J connectivity index is 2.00. The average molecular weight is 408 g/mol. The lowest BCUT2D eigenvalue weighted by Crippen LogP contribution is -2.15. The summed E-state index contributed by atoms with van der Waals surface area (Å²) in [6.07, 6.45) is 3.33. The molecule has 0 bridgehead atoms. The molecule has 6 nitrogen and oxygen atoms in total. The number of Topliss-reactive ketones (excluding diaryl/α,β-unsaturated/α-hetero) is 1. The summed E-state index contributed by atoms with van der Waals surface area (Å²) in [7, 11) is 0. The van der Waals surface area contributed by atoms with Gasteiger partial charge in [-0.25, -0.2) is 4.39 Å². The number of benzene rings is 1. The highest BCUT2D eigenvalue weighted by atomic mass is 79.9. The first-order chi connectivity index (χ1) is 12.1. The van der Waals surface area contributed by atoms with Crippen LogP contribution in [0.5, 0.6) is 0 Å². The fraction of sp³-hybridized carbons (Fsp3) is 0.235. The predicted octanol–water partition coefficient (Wildman–Crippen LogP) is 2.64. The van der Waals surface area contributed by atoms with Gasteiger partial charge in [-0.15, -0.1) is 0 Å². The quantitative estimate of drug-likeness (QED) is 0.464. The highest BCUT2D eigenvalue weighted by Gasteiger charge is 2.19. The molecule has 0 unspecified atom stereocenters. The Kier molecular flexibility index (Phi) is 5.52. The minimum absolute atomic E-state index is 0.0642. The molecule has 0 saturated carbocycles. The monoisotopic (exact) mass is 407 g/mol. The Morgan fingerprint density at radius 3 is 2.96 bits per heavy atom. The number of carbonyl (C=O) groups excluding carboxylic acids is 1. The molecular formula is C17H15BrFN3O3. The molecular weight excluding hydrogens is 393 g/mol. The van der Waals surface area contributed by atoms with Gasteiger partial charge in [0, 0.05) is 28.0 Å². The van der Waals surface area contributed by atoms with Crippen LogP contribution in [0.3, 0.4) is 0 Å². The molecule has 0 amide bonds. The molecule has 0 radical (unpaired) electrons. The number of pyridine rings is 1. The van der Waals surface area contributed by atoms with Gasteiger partial charge in [0.05, 0.1) is 24.9 Å². The van der Waals surface area contributed by atoms with Gasteiger partial charge in [0.15, 0.2) is 0 Å². The van der Waals surface area contributed by atoms with Crippen molar-refractivity contribution in [1.82, 2.24) is 15.2 Å². The second-order valence-electron chi connectivity index (χ2n) is 5.40. The Morgan fingerprint density at radius 2 is 2.20 bits per heavy atom. The number of rotatable bonds is 7. The van der Waals surface area contributed by atoms with Crippen molar-refractivity contribution in [1.29, 1.82) is 0 Å². The molecule has 25 heavy (non-hydrogen) atoms. The van der Waals surface area contributed by atoms with Gasteiger partial charge >= 0.3 is 0 Å². The third-order valence-electron chi connectivity index (χ3n) is 3.70. The number of fused-ring (bicyclic) bond motifs is 1. The number of aliphatic hydroxyl groups excluding tert-OH is 1. The maximum atomic E-state index is 14.2. The molecule has 0 fully saturated rings. The summed E-state index contributed by atoms with van der Waals surface area (Å²) in [5.74, 6) is -0.710. The Hall–Kier alpha value is -2.16. The molecule has 0 aliphatic rings. The standard InChI is InChI=1S/C17H15BrFN3O3/c18-12-2-1-10(14(19)6-12)5-13-16-11(8-21-22-16)7-20-17(13)15(24)9-25-4-3-23/h1-2,6-8,23H,3-5,9H2,(H,21,22). The number of aromatic amines is 1. The van der Waals surface area contributed by atoms with Gasteiger partial charge in [-0.1, -0.05) is 22.0 Å². The van der Waals surface area contributed by atoms with E-state index in [1.165, 1.54) is 6.07 Å². The summed E-state index contributed by atoms with van der Waals surface area (Å²) < 4.78 is 20.0. The first-order valence-electron chi connectivity index (χ1n) is 7.57. The summed E-state index contributed by atoms with van der Waals surface area (Å²) >= 11 is 3.23. The molecule has 130 valence electrons. The number of carbonyl (C=O) groups is 1. The van der Waals surface area contributed by atoms with E-state index in [2.05, 4.69) is 31.1 Å². The van der Waals surface area contributed by atoms with Gasteiger partial charge in [0.2, 0.25) is 5.78 Å². The smallest absolute Gasteiger partial charge is 0.207 e. The molecule has 0 spiro atoms. The average Bonchev–Trinajstić information content (AvgIpc) is 3.06. The van der Waals surface area contributed by atoms with E-state index in [0.717, 1.165) is 5.39 Å². The van der Waals surface area contributed by atoms with Crippen molar-refractivity contribution >= 4 is 32.6 Å². The predicted molar refractivity (Wildman–Crippen MR) is 93.0 cm³/mol. The lowest BCUT2D eigenvalue weighted by molar-refractivity contribution is 0.0659. The fourth-order valence-corrected chi connectivity index (χ4v) is 2.86. The minimum atomic E-state index is -0.374. The van der Waals surface area contributed by atoms with E-state index >= 15 is 0 Å². The van der Waals surface area contributed by atoms with E-state index in [1.54, 1.807) is 24.5 Å². The van der Waals surface area contributed by atoms with Crippen LogP contribution in [0, 0.1) is 5.82 Å². The highest BCUT2D eigenvalue weighted by molar-refractivity contribution is 9.10. The largest absolute Gasteiger partial charge is 0.394 e. The maximum absolute atomic E-state index is 14.2. The number of hydrogen-bond donors (Lipinski definition) is 2. The van der Waals surface area contributed by atoms with E-state index in [1.807, 2.05) is 0 Å². The number of ketones is 1. The second kappa shape index (κ2) is 7.81. The third-order valence-corrected chi connectivity index (χ3v) is 4.20. The summed E-state index contributed by atoms with van der Waals surface area (Å²) in [6, 6.07) is 4.78. The van der Waals surface area contributed by atoms with Crippen molar-refractivity contribution < 1.29 is 19.0 Å². The fourth-order valence-electron chi connectivity index (χ4n) is 2.53. The SMILES string of the molecule is O=C(COCCO)c1ncc2cn[nH]c2c1Cc1ccc(Br)cc1F. The zero-order valence-corrected chi connectivity index (χ0v) is 14.7. The van der Waals surface area contributed by atoms with Crippen molar-refractivity contribution in [3.05, 3.63) is 57.7 Å². The molecule has 3 rings (SSSR count). The summed E-state index contributed by atoms with van der Waals surface area (Å²) in [5, 5.41) is 16.3. The molecule has 0 atom stereocenters. The van der Waals surface area contributed by atoms with E-state index in [4.69, 9.17) is 9.84 Å². The van der Waals surface area contributed by atoms with Crippen LogP contribution in [0.1, 0.15) is 21.6 Å². The van der Waals surface area contributed by atoms with E-state index in [-0.39, 0.29) is 43.5 Å². The number of H-pyrrole nitrogens is 1. The molecule has 0 aliphatic heterocycles. The van der Waals surface area contributed by atoms with Gasteiger partial charge < -0.3 is 9.84 Å². The van der Waals surface area contributed by atoms with Crippen LogP contribution >= 0.6 is 15.9 Å². The van der Waals surface area contributed by atoms with Gasteiger partial charge in [0.25, 0.3) is 0 Å². The van der Waals surface area contributed by atoms with Crippen LogP contribution in [-0.4, -0.2) is 45.9 Å². The van der Waals surface area contributed by atoms with Gasteiger partial charge in [-0.05, 0) is 17.7 Å². The van der Waals surface area contributed by atoms with Gasteiger partial charge in [-0.3, -0.25) is 14.9 Å². The molecule has 3 aromatic rings. The molecule has 2 N–H and O–H groups in total. The molecule has 1 aromatic carbocycles. The number of nitrogens with one attached hydrogen (secondary N) is 1. The number of nitrogens with zero attached hydrogens (tertiary/aromatic N) is 2. The Bertz CT molecular complexity index is 913. The first kappa shape index (κ1) is 17.7. The summed E-state index contributed by atoms with van der Waals surface area (Å²) in [6.45, 7) is -0.311.